The molecule has 4 nitrogen and oxygen atoms in total. The number of hydrogen-bond donors (Lipinski definition) is 2. The first-order valence-corrected chi connectivity index (χ1v) is 6.80. The quantitative estimate of drug-likeness (QED) is 0.865. The minimum absolute atomic E-state index is 0.718. The second-order valence-corrected chi connectivity index (χ2v) is 4.97. The number of rotatable bonds is 4. The number of aromatic nitrogens is 2. The number of benzene rings is 1. The number of aryl methyl sites for hydroxylation is 1. The SMILES string of the molecule is NCCCc1nc2ccc(N3CCCC3)cc2[nH]1. The normalized spacial score (nSPS) is 15.7. The van der Waals surface area contributed by atoms with Gasteiger partial charge in [-0.3, -0.25) is 0 Å². The summed E-state index contributed by atoms with van der Waals surface area (Å²) in [6, 6.07) is 6.52. The van der Waals surface area contributed by atoms with E-state index in [1.54, 1.807) is 0 Å². The molecule has 0 saturated carbocycles. The Hall–Kier alpha value is -1.55. The molecule has 1 aromatic carbocycles. The van der Waals surface area contributed by atoms with Crippen LogP contribution in [0.25, 0.3) is 11.0 Å². The van der Waals surface area contributed by atoms with E-state index in [0.717, 1.165) is 36.2 Å². The molecule has 1 aliphatic heterocycles. The van der Waals surface area contributed by atoms with Crippen LogP contribution in [0, 0.1) is 0 Å². The van der Waals surface area contributed by atoms with Crippen LogP contribution in [0.3, 0.4) is 0 Å². The first kappa shape index (κ1) is 11.5. The van der Waals surface area contributed by atoms with Gasteiger partial charge in [-0.1, -0.05) is 0 Å². The molecule has 0 atom stereocenters. The molecule has 1 aromatic heterocycles. The molecule has 96 valence electrons. The molecule has 0 unspecified atom stereocenters. The van der Waals surface area contributed by atoms with Crippen LogP contribution in [-0.2, 0) is 6.42 Å². The predicted molar refractivity (Wildman–Crippen MR) is 74.9 cm³/mol. The molecular formula is C14H20N4. The fraction of sp³-hybridized carbons (Fsp3) is 0.500. The predicted octanol–water partition coefficient (Wildman–Crippen LogP) is 2.05. The Kier molecular flexibility index (Phi) is 3.19. The van der Waals surface area contributed by atoms with Crippen molar-refractivity contribution in [1.29, 1.82) is 0 Å². The number of imidazole rings is 1. The minimum Gasteiger partial charge on any atom is -0.371 e. The summed E-state index contributed by atoms with van der Waals surface area (Å²) in [5.41, 5.74) is 9.05. The number of anilines is 1. The summed E-state index contributed by atoms with van der Waals surface area (Å²) in [7, 11) is 0. The van der Waals surface area contributed by atoms with Gasteiger partial charge >= 0.3 is 0 Å². The van der Waals surface area contributed by atoms with Crippen LogP contribution < -0.4 is 10.6 Å². The zero-order valence-electron chi connectivity index (χ0n) is 10.7. The molecule has 0 spiro atoms. The highest BCUT2D eigenvalue weighted by Gasteiger charge is 2.13. The van der Waals surface area contributed by atoms with Crippen LogP contribution in [0.5, 0.6) is 0 Å². The average molecular weight is 244 g/mol. The molecule has 0 radical (unpaired) electrons. The van der Waals surface area contributed by atoms with E-state index in [4.69, 9.17) is 5.73 Å². The van der Waals surface area contributed by atoms with E-state index in [2.05, 4.69) is 33.1 Å². The second kappa shape index (κ2) is 4.98. The van der Waals surface area contributed by atoms with Crippen molar-refractivity contribution >= 4 is 16.7 Å². The zero-order chi connectivity index (χ0) is 12.4. The van der Waals surface area contributed by atoms with Crippen LogP contribution in [0.2, 0.25) is 0 Å². The van der Waals surface area contributed by atoms with Crippen molar-refractivity contribution in [2.24, 2.45) is 5.73 Å². The topological polar surface area (TPSA) is 57.9 Å². The van der Waals surface area contributed by atoms with E-state index in [0.29, 0.717) is 0 Å². The Balaban J connectivity index is 1.86. The summed E-state index contributed by atoms with van der Waals surface area (Å²) in [6.45, 7) is 3.08. The van der Waals surface area contributed by atoms with E-state index in [-0.39, 0.29) is 0 Å². The van der Waals surface area contributed by atoms with Gasteiger partial charge in [0.1, 0.15) is 5.82 Å². The number of fused-ring (bicyclic) bond motifs is 1. The number of hydrogen-bond acceptors (Lipinski definition) is 3. The molecule has 3 rings (SSSR count). The summed E-state index contributed by atoms with van der Waals surface area (Å²) >= 11 is 0. The van der Waals surface area contributed by atoms with Crippen molar-refractivity contribution in [2.45, 2.75) is 25.7 Å². The number of nitrogens with one attached hydrogen (secondary N) is 1. The molecular weight excluding hydrogens is 224 g/mol. The lowest BCUT2D eigenvalue weighted by molar-refractivity contribution is 0.796. The molecule has 0 amide bonds. The van der Waals surface area contributed by atoms with Gasteiger partial charge in [-0.15, -0.1) is 0 Å². The number of nitrogens with two attached hydrogens (primary N) is 1. The van der Waals surface area contributed by atoms with Crippen molar-refractivity contribution in [1.82, 2.24) is 9.97 Å². The fourth-order valence-electron chi connectivity index (χ4n) is 2.61. The van der Waals surface area contributed by atoms with Gasteiger partial charge < -0.3 is 15.6 Å². The molecule has 3 N–H and O–H groups in total. The standard InChI is InChI=1S/C14H20N4/c15-7-3-4-14-16-12-6-5-11(10-13(12)17-14)18-8-1-2-9-18/h5-6,10H,1-4,7-9,15H2,(H,16,17). The van der Waals surface area contributed by atoms with Gasteiger partial charge in [-0.2, -0.15) is 0 Å². The number of H-pyrrole nitrogens is 1. The van der Waals surface area contributed by atoms with E-state index in [9.17, 15) is 0 Å². The smallest absolute Gasteiger partial charge is 0.107 e. The van der Waals surface area contributed by atoms with Gasteiger partial charge in [0.05, 0.1) is 11.0 Å². The van der Waals surface area contributed by atoms with E-state index in [1.165, 1.54) is 31.6 Å². The van der Waals surface area contributed by atoms with Crippen LogP contribution in [0.15, 0.2) is 18.2 Å². The Bertz CT molecular complexity index is 526. The first-order valence-electron chi connectivity index (χ1n) is 6.80. The molecule has 1 saturated heterocycles. The largest absolute Gasteiger partial charge is 0.371 e. The molecule has 2 heterocycles. The van der Waals surface area contributed by atoms with Gasteiger partial charge in [0.25, 0.3) is 0 Å². The van der Waals surface area contributed by atoms with E-state index < -0.39 is 0 Å². The Morgan fingerprint density at radius 2 is 2.11 bits per heavy atom. The van der Waals surface area contributed by atoms with Gasteiger partial charge in [0.2, 0.25) is 0 Å². The van der Waals surface area contributed by atoms with Crippen molar-refractivity contribution in [3.8, 4) is 0 Å². The summed E-state index contributed by atoms with van der Waals surface area (Å²) < 4.78 is 0. The van der Waals surface area contributed by atoms with Gasteiger partial charge in [0.15, 0.2) is 0 Å². The summed E-state index contributed by atoms with van der Waals surface area (Å²) in [5, 5.41) is 0. The lowest BCUT2D eigenvalue weighted by Gasteiger charge is -2.17. The Labute approximate surface area is 107 Å². The molecule has 18 heavy (non-hydrogen) atoms. The van der Waals surface area contributed by atoms with Crippen LogP contribution in [0.1, 0.15) is 25.1 Å². The average Bonchev–Trinajstić information content (AvgIpc) is 3.03. The number of nitrogens with zero attached hydrogens (tertiary/aromatic N) is 2. The Morgan fingerprint density at radius 1 is 1.28 bits per heavy atom. The molecule has 0 aliphatic carbocycles. The lowest BCUT2D eigenvalue weighted by Crippen LogP contribution is -2.17. The maximum Gasteiger partial charge on any atom is 0.107 e. The van der Waals surface area contributed by atoms with Crippen molar-refractivity contribution in [3.63, 3.8) is 0 Å². The number of aromatic amines is 1. The molecule has 0 bridgehead atoms. The minimum atomic E-state index is 0.718. The van der Waals surface area contributed by atoms with Gasteiger partial charge in [-0.25, -0.2) is 4.98 Å². The molecule has 1 fully saturated rings. The highest BCUT2D eigenvalue weighted by Crippen LogP contribution is 2.24. The summed E-state index contributed by atoms with van der Waals surface area (Å²) in [5.74, 6) is 1.05. The summed E-state index contributed by atoms with van der Waals surface area (Å²) in [6.07, 6.45) is 4.54. The van der Waals surface area contributed by atoms with Gasteiger partial charge in [-0.05, 0) is 44.0 Å². The van der Waals surface area contributed by atoms with Gasteiger partial charge in [0, 0.05) is 25.2 Å². The third-order valence-electron chi connectivity index (χ3n) is 3.60. The fourth-order valence-corrected chi connectivity index (χ4v) is 2.61. The highest BCUT2D eigenvalue weighted by atomic mass is 15.1. The molecule has 1 aliphatic rings. The van der Waals surface area contributed by atoms with Crippen LogP contribution in [-0.4, -0.2) is 29.6 Å². The zero-order valence-corrected chi connectivity index (χ0v) is 10.7. The maximum absolute atomic E-state index is 5.53. The van der Waals surface area contributed by atoms with E-state index in [1.807, 2.05) is 0 Å². The molecule has 2 aromatic rings. The van der Waals surface area contributed by atoms with E-state index >= 15 is 0 Å². The lowest BCUT2D eigenvalue weighted by atomic mass is 10.2. The highest BCUT2D eigenvalue weighted by molar-refractivity contribution is 5.79. The summed E-state index contributed by atoms with van der Waals surface area (Å²) in [4.78, 5) is 10.4. The van der Waals surface area contributed by atoms with Crippen molar-refractivity contribution in [2.75, 3.05) is 24.5 Å². The van der Waals surface area contributed by atoms with Crippen LogP contribution >= 0.6 is 0 Å². The van der Waals surface area contributed by atoms with Crippen LogP contribution in [0.4, 0.5) is 5.69 Å². The van der Waals surface area contributed by atoms with Crippen molar-refractivity contribution in [3.05, 3.63) is 24.0 Å². The Morgan fingerprint density at radius 3 is 2.89 bits per heavy atom. The maximum atomic E-state index is 5.53. The van der Waals surface area contributed by atoms with Crippen molar-refractivity contribution < 1.29 is 0 Å². The third-order valence-corrected chi connectivity index (χ3v) is 3.60. The third kappa shape index (κ3) is 2.20. The monoisotopic (exact) mass is 244 g/mol. The first-order chi connectivity index (χ1) is 8.86. The second-order valence-electron chi connectivity index (χ2n) is 4.97. The molecule has 4 heteroatoms.